The Bertz CT molecular complexity index is 868. The number of anilines is 1. The molecule has 26 heavy (non-hydrogen) atoms. The van der Waals surface area contributed by atoms with Crippen LogP contribution in [0.3, 0.4) is 0 Å². The number of aromatic nitrogens is 1. The topological polar surface area (TPSA) is 53.5 Å². The van der Waals surface area contributed by atoms with E-state index >= 15 is 0 Å². The molecular formula is C19H24ClN3O2S. The van der Waals surface area contributed by atoms with Gasteiger partial charge in [0.15, 0.2) is 0 Å². The van der Waals surface area contributed by atoms with E-state index in [1.807, 2.05) is 17.0 Å². The van der Waals surface area contributed by atoms with Crippen LogP contribution in [-0.4, -0.2) is 43.9 Å². The molecule has 0 bridgehead atoms. The summed E-state index contributed by atoms with van der Waals surface area (Å²) < 4.78 is 27.4. The molecule has 1 aliphatic rings. The highest BCUT2D eigenvalue weighted by Gasteiger charge is 2.29. The van der Waals surface area contributed by atoms with E-state index in [2.05, 4.69) is 25.8 Å². The second-order valence-corrected chi connectivity index (χ2v) is 9.82. The summed E-state index contributed by atoms with van der Waals surface area (Å²) in [7, 11) is -3.49. The number of hydrogen-bond donors (Lipinski definition) is 0. The summed E-state index contributed by atoms with van der Waals surface area (Å²) in [5.74, 6) is 0.709. The van der Waals surface area contributed by atoms with Crippen molar-refractivity contribution in [3.05, 3.63) is 53.2 Å². The zero-order chi connectivity index (χ0) is 18.9. The van der Waals surface area contributed by atoms with Gasteiger partial charge in [-0.2, -0.15) is 4.31 Å². The molecule has 5 nitrogen and oxygen atoms in total. The van der Waals surface area contributed by atoms with Crippen molar-refractivity contribution in [2.45, 2.75) is 31.1 Å². The van der Waals surface area contributed by atoms with Gasteiger partial charge in [0.05, 0.1) is 9.92 Å². The van der Waals surface area contributed by atoms with Gasteiger partial charge in [0.2, 0.25) is 10.0 Å². The summed E-state index contributed by atoms with van der Waals surface area (Å²) in [6, 6.07) is 10.8. The third-order valence-corrected chi connectivity index (χ3v) is 6.84. The molecule has 0 spiro atoms. The second-order valence-electron chi connectivity index (χ2n) is 7.47. The number of benzene rings is 1. The van der Waals surface area contributed by atoms with Crippen molar-refractivity contribution in [3.8, 4) is 0 Å². The SMILES string of the molecule is CC(C)(C)c1ccc(S(=O)(=O)N2CCN(c3ncccc3Cl)CC2)cc1. The highest BCUT2D eigenvalue weighted by molar-refractivity contribution is 7.89. The summed E-state index contributed by atoms with van der Waals surface area (Å²) in [4.78, 5) is 6.67. The van der Waals surface area contributed by atoms with Gasteiger partial charge in [-0.3, -0.25) is 0 Å². The third-order valence-electron chi connectivity index (χ3n) is 4.64. The van der Waals surface area contributed by atoms with Crippen LogP contribution in [0.2, 0.25) is 5.02 Å². The van der Waals surface area contributed by atoms with Crippen LogP contribution in [0.5, 0.6) is 0 Å². The Labute approximate surface area is 160 Å². The lowest BCUT2D eigenvalue weighted by atomic mass is 9.87. The molecule has 1 aromatic carbocycles. The molecule has 0 amide bonds. The Morgan fingerprint density at radius 3 is 2.15 bits per heavy atom. The Morgan fingerprint density at radius 1 is 1.00 bits per heavy atom. The molecule has 0 saturated carbocycles. The molecule has 1 aromatic heterocycles. The first-order valence-electron chi connectivity index (χ1n) is 8.66. The Balaban J connectivity index is 1.73. The molecule has 1 saturated heterocycles. The maximum Gasteiger partial charge on any atom is 0.243 e. The lowest BCUT2D eigenvalue weighted by molar-refractivity contribution is 0.384. The van der Waals surface area contributed by atoms with Crippen LogP contribution in [0.25, 0.3) is 0 Å². The average molecular weight is 394 g/mol. The molecular weight excluding hydrogens is 370 g/mol. The Kier molecular flexibility index (Phi) is 5.28. The summed E-state index contributed by atoms with van der Waals surface area (Å²) in [5.41, 5.74) is 1.11. The molecule has 0 unspecified atom stereocenters. The summed E-state index contributed by atoms with van der Waals surface area (Å²) in [6.07, 6.45) is 1.70. The molecule has 3 rings (SSSR count). The number of hydrogen-bond acceptors (Lipinski definition) is 4. The van der Waals surface area contributed by atoms with Crippen LogP contribution in [0.1, 0.15) is 26.3 Å². The molecule has 2 aromatic rings. The smallest absolute Gasteiger partial charge is 0.243 e. The highest BCUT2D eigenvalue weighted by Crippen LogP contribution is 2.27. The van der Waals surface area contributed by atoms with E-state index in [9.17, 15) is 8.42 Å². The number of rotatable bonds is 3. The predicted octanol–water partition coefficient (Wildman–Crippen LogP) is 3.54. The summed E-state index contributed by atoms with van der Waals surface area (Å²) in [5, 5.41) is 0.585. The lowest BCUT2D eigenvalue weighted by Gasteiger charge is -2.35. The zero-order valence-electron chi connectivity index (χ0n) is 15.3. The minimum absolute atomic E-state index is 0.00410. The standard InChI is InChI=1S/C19H24ClN3O2S/c1-19(2,3)15-6-8-16(9-7-15)26(24,25)23-13-11-22(12-14-23)18-17(20)5-4-10-21-18/h4-10H,11-14H2,1-3H3. The van der Waals surface area contributed by atoms with Crippen LogP contribution in [0.4, 0.5) is 5.82 Å². The van der Waals surface area contributed by atoms with Crippen LogP contribution in [-0.2, 0) is 15.4 Å². The monoisotopic (exact) mass is 393 g/mol. The van der Waals surface area contributed by atoms with Gasteiger partial charge in [-0.05, 0) is 35.2 Å². The van der Waals surface area contributed by atoms with Gasteiger partial charge in [-0.1, -0.05) is 44.5 Å². The average Bonchev–Trinajstić information content (AvgIpc) is 2.62. The van der Waals surface area contributed by atoms with Gasteiger partial charge < -0.3 is 4.90 Å². The molecule has 0 atom stereocenters. The largest absolute Gasteiger partial charge is 0.353 e. The van der Waals surface area contributed by atoms with E-state index in [1.165, 1.54) is 4.31 Å². The van der Waals surface area contributed by atoms with Gasteiger partial charge in [0.25, 0.3) is 0 Å². The van der Waals surface area contributed by atoms with Crippen LogP contribution in [0.15, 0.2) is 47.5 Å². The van der Waals surface area contributed by atoms with Crippen molar-refractivity contribution >= 4 is 27.4 Å². The first-order chi connectivity index (χ1) is 12.2. The number of sulfonamides is 1. The lowest BCUT2D eigenvalue weighted by Crippen LogP contribution is -2.49. The fourth-order valence-corrected chi connectivity index (χ4v) is 4.69. The fraction of sp³-hybridized carbons (Fsp3) is 0.421. The van der Waals surface area contributed by atoms with Crippen LogP contribution >= 0.6 is 11.6 Å². The zero-order valence-corrected chi connectivity index (χ0v) is 16.9. The minimum Gasteiger partial charge on any atom is -0.353 e. The highest BCUT2D eigenvalue weighted by atomic mass is 35.5. The third kappa shape index (κ3) is 3.87. The van der Waals surface area contributed by atoms with Crippen molar-refractivity contribution in [1.82, 2.24) is 9.29 Å². The van der Waals surface area contributed by atoms with Crippen LogP contribution in [0, 0.1) is 0 Å². The number of halogens is 1. The summed E-state index contributed by atoms with van der Waals surface area (Å²) >= 11 is 6.20. The Morgan fingerprint density at radius 2 is 1.62 bits per heavy atom. The maximum atomic E-state index is 12.9. The number of piperazine rings is 1. The molecule has 0 aliphatic carbocycles. The normalized spacial score (nSPS) is 16.7. The minimum atomic E-state index is -3.49. The second kappa shape index (κ2) is 7.18. The quantitative estimate of drug-likeness (QED) is 0.800. The molecule has 7 heteroatoms. The first kappa shape index (κ1) is 19.1. The van der Waals surface area contributed by atoms with E-state index < -0.39 is 10.0 Å². The van der Waals surface area contributed by atoms with Crippen LogP contribution < -0.4 is 4.90 Å². The Hall–Kier alpha value is -1.63. The van der Waals surface area contributed by atoms with Crippen molar-refractivity contribution in [3.63, 3.8) is 0 Å². The molecule has 140 valence electrons. The fourth-order valence-electron chi connectivity index (χ4n) is 3.03. The molecule has 0 N–H and O–H groups in total. The van der Waals surface area contributed by atoms with Crippen molar-refractivity contribution < 1.29 is 8.42 Å². The molecule has 0 radical (unpaired) electrons. The number of pyridine rings is 1. The molecule has 2 heterocycles. The van der Waals surface area contributed by atoms with Gasteiger partial charge in [-0.15, -0.1) is 0 Å². The van der Waals surface area contributed by atoms with Gasteiger partial charge in [0, 0.05) is 32.4 Å². The van der Waals surface area contributed by atoms with E-state index in [4.69, 9.17) is 11.6 Å². The molecule has 1 aliphatic heterocycles. The molecule has 1 fully saturated rings. The summed E-state index contributed by atoms with van der Waals surface area (Å²) in [6.45, 7) is 8.29. The number of nitrogens with zero attached hydrogens (tertiary/aromatic N) is 3. The van der Waals surface area contributed by atoms with Crippen molar-refractivity contribution in [1.29, 1.82) is 0 Å². The van der Waals surface area contributed by atoms with Gasteiger partial charge >= 0.3 is 0 Å². The maximum absolute atomic E-state index is 12.9. The van der Waals surface area contributed by atoms with Gasteiger partial charge in [-0.25, -0.2) is 13.4 Å². The van der Waals surface area contributed by atoms with Crippen molar-refractivity contribution in [2.24, 2.45) is 0 Å². The van der Waals surface area contributed by atoms with E-state index in [0.29, 0.717) is 41.9 Å². The van der Waals surface area contributed by atoms with Gasteiger partial charge in [0.1, 0.15) is 5.82 Å². The predicted molar refractivity (Wildman–Crippen MR) is 105 cm³/mol. The first-order valence-corrected chi connectivity index (χ1v) is 10.5. The van der Waals surface area contributed by atoms with E-state index in [1.54, 1.807) is 30.5 Å². The van der Waals surface area contributed by atoms with Crippen molar-refractivity contribution in [2.75, 3.05) is 31.1 Å². The van der Waals surface area contributed by atoms with E-state index in [0.717, 1.165) is 5.56 Å². The van der Waals surface area contributed by atoms with E-state index in [-0.39, 0.29) is 5.41 Å².